The van der Waals surface area contributed by atoms with E-state index in [0.717, 1.165) is 24.2 Å². The van der Waals surface area contributed by atoms with Crippen molar-refractivity contribution in [2.24, 2.45) is 5.73 Å². The maximum Gasteiger partial charge on any atom is 0.257 e. The molecule has 0 aliphatic carbocycles. The van der Waals surface area contributed by atoms with E-state index in [1.165, 1.54) is 6.08 Å². The standard InChI is InChI=1S/C23H23N5O4/c1-2-3-4-14-30-17-11-8-16(9-12-17)10-13-19(29)18-6-5-7-20-21(18)32-23(24,15-31-20)22-25-27-28-26-22/h4-14H,2-3,15,24H2,1H3,(H,25,26,27,28)/b13-10?,14-4-. The van der Waals surface area contributed by atoms with Crippen LogP contribution in [0.5, 0.6) is 17.2 Å². The Morgan fingerprint density at radius 3 is 2.88 bits per heavy atom. The van der Waals surface area contributed by atoms with Crippen molar-refractivity contribution in [1.82, 2.24) is 20.6 Å². The van der Waals surface area contributed by atoms with Crippen molar-refractivity contribution in [2.75, 3.05) is 6.61 Å². The highest BCUT2D eigenvalue weighted by atomic mass is 16.6. The Morgan fingerprint density at radius 2 is 2.12 bits per heavy atom. The molecule has 1 unspecified atom stereocenters. The van der Waals surface area contributed by atoms with Crippen molar-refractivity contribution in [3.8, 4) is 17.2 Å². The van der Waals surface area contributed by atoms with Crippen LogP contribution in [0.15, 0.2) is 60.9 Å². The van der Waals surface area contributed by atoms with Crippen molar-refractivity contribution >= 4 is 11.9 Å². The van der Waals surface area contributed by atoms with Crippen LogP contribution in [0.4, 0.5) is 0 Å². The summed E-state index contributed by atoms with van der Waals surface area (Å²) in [4.78, 5) is 12.9. The van der Waals surface area contributed by atoms with E-state index in [4.69, 9.17) is 19.9 Å². The molecule has 0 saturated carbocycles. The lowest BCUT2D eigenvalue weighted by molar-refractivity contribution is -0.0154. The van der Waals surface area contributed by atoms with Crippen LogP contribution in [-0.4, -0.2) is 33.0 Å². The highest BCUT2D eigenvalue weighted by Crippen LogP contribution is 2.39. The summed E-state index contributed by atoms with van der Waals surface area (Å²) in [7, 11) is 0. The molecule has 164 valence electrons. The average Bonchev–Trinajstić information content (AvgIpc) is 3.37. The van der Waals surface area contributed by atoms with E-state index < -0.39 is 5.72 Å². The van der Waals surface area contributed by atoms with Crippen LogP contribution in [0.2, 0.25) is 0 Å². The Bertz CT molecular complexity index is 1130. The number of allylic oxidation sites excluding steroid dienone is 2. The molecule has 0 radical (unpaired) electrons. The van der Waals surface area contributed by atoms with E-state index in [-0.39, 0.29) is 24.0 Å². The Hall–Kier alpha value is -3.98. The molecule has 1 aromatic heterocycles. The predicted molar refractivity (Wildman–Crippen MR) is 117 cm³/mol. The van der Waals surface area contributed by atoms with Crippen LogP contribution in [0.1, 0.15) is 41.5 Å². The Labute approximate surface area is 184 Å². The van der Waals surface area contributed by atoms with E-state index >= 15 is 0 Å². The van der Waals surface area contributed by atoms with Gasteiger partial charge in [0.05, 0.1) is 11.8 Å². The smallest absolute Gasteiger partial charge is 0.257 e. The topological polar surface area (TPSA) is 125 Å². The third kappa shape index (κ3) is 4.68. The third-order valence-corrected chi connectivity index (χ3v) is 4.76. The molecule has 3 aromatic rings. The molecular formula is C23H23N5O4. The largest absolute Gasteiger partial charge is 0.483 e. The number of para-hydroxylation sites is 1. The van der Waals surface area contributed by atoms with E-state index in [1.807, 2.05) is 30.3 Å². The highest BCUT2D eigenvalue weighted by molar-refractivity contribution is 6.09. The number of nitrogens with two attached hydrogens (primary N) is 1. The van der Waals surface area contributed by atoms with Gasteiger partial charge in [0.1, 0.15) is 12.4 Å². The summed E-state index contributed by atoms with van der Waals surface area (Å²) in [5.41, 5.74) is 5.97. The van der Waals surface area contributed by atoms with Crippen LogP contribution >= 0.6 is 0 Å². The molecule has 9 nitrogen and oxygen atoms in total. The number of carbonyl (C=O) groups excluding carboxylic acids is 1. The second kappa shape index (κ2) is 9.44. The van der Waals surface area contributed by atoms with E-state index in [1.54, 1.807) is 30.5 Å². The number of fused-ring (bicyclic) bond motifs is 1. The van der Waals surface area contributed by atoms with Crippen molar-refractivity contribution in [3.63, 3.8) is 0 Å². The maximum atomic E-state index is 12.9. The van der Waals surface area contributed by atoms with Crippen molar-refractivity contribution in [2.45, 2.75) is 25.5 Å². The van der Waals surface area contributed by atoms with Gasteiger partial charge in [-0.2, -0.15) is 5.21 Å². The minimum atomic E-state index is -1.46. The van der Waals surface area contributed by atoms with Crippen LogP contribution in [0, 0.1) is 0 Å². The molecule has 4 rings (SSSR count). The molecule has 0 spiro atoms. The number of hydrogen-bond donors (Lipinski definition) is 2. The molecule has 2 heterocycles. The monoisotopic (exact) mass is 433 g/mol. The van der Waals surface area contributed by atoms with Crippen LogP contribution in [-0.2, 0) is 5.72 Å². The van der Waals surface area contributed by atoms with Crippen molar-refractivity contribution < 1.29 is 19.0 Å². The fourth-order valence-corrected chi connectivity index (χ4v) is 3.06. The van der Waals surface area contributed by atoms with Gasteiger partial charge in [0.25, 0.3) is 5.72 Å². The number of ether oxygens (including phenoxy) is 3. The first-order chi connectivity index (χ1) is 15.6. The van der Waals surface area contributed by atoms with E-state index in [0.29, 0.717) is 11.3 Å². The molecule has 0 bridgehead atoms. The highest BCUT2D eigenvalue weighted by Gasteiger charge is 2.41. The molecule has 1 atom stereocenters. The van der Waals surface area contributed by atoms with Crippen LogP contribution in [0.3, 0.4) is 0 Å². The Kier molecular flexibility index (Phi) is 6.27. The van der Waals surface area contributed by atoms with Crippen LogP contribution < -0.4 is 19.9 Å². The number of rotatable bonds is 8. The number of ketones is 1. The summed E-state index contributed by atoms with van der Waals surface area (Å²) >= 11 is 0. The van der Waals surface area contributed by atoms with Crippen molar-refractivity contribution in [1.29, 1.82) is 0 Å². The number of carbonyl (C=O) groups is 1. The SMILES string of the molecule is CCC/C=C\Oc1ccc(C=CC(=O)c2cccc3c2OC(N)(c2nn[nH]n2)CO3)cc1. The first-order valence-corrected chi connectivity index (χ1v) is 10.2. The number of hydrogen-bond acceptors (Lipinski definition) is 8. The summed E-state index contributed by atoms with van der Waals surface area (Å²) < 4.78 is 17.2. The predicted octanol–water partition coefficient (Wildman–Crippen LogP) is 3.37. The fourth-order valence-electron chi connectivity index (χ4n) is 3.06. The Morgan fingerprint density at radius 1 is 1.28 bits per heavy atom. The quantitative estimate of drug-likeness (QED) is 0.315. The van der Waals surface area contributed by atoms with Gasteiger partial charge in [-0.3, -0.25) is 10.5 Å². The van der Waals surface area contributed by atoms with Gasteiger partial charge >= 0.3 is 0 Å². The van der Waals surface area contributed by atoms with E-state index in [2.05, 4.69) is 27.5 Å². The second-order valence-electron chi connectivity index (χ2n) is 7.19. The molecule has 32 heavy (non-hydrogen) atoms. The van der Waals surface area contributed by atoms with Gasteiger partial charge in [-0.25, -0.2) is 0 Å². The zero-order valence-electron chi connectivity index (χ0n) is 17.5. The lowest BCUT2D eigenvalue weighted by Crippen LogP contribution is -2.51. The lowest BCUT2D eigenvalue weighted by atomic mass is 10.1. The summed E-state index contributed by atoms with van der Waals surface area (Å²) in [5.74, 6) is 1.26. The molecule has 1 aliphatic rings. The molecular weight excluding hydrogens is 410 g/mol. The third-order valence-electron chi connectivity index (χ3n) is 4.76. The molecule has 0 amide bonds. The molecule has 9 heteroatoms. The molecule has 1 aliphatic heterocycles. The summed E-state index contributed by atoms with van der Waals surface area (Å²) in [6.07, 6.45) is 8.90. The minimum Gasteiger partial charge on any atom is -0.483 e. The normalized spacial score (nSPS) is 17.7. The van der Waals surface area contributed by atoms with Crippen LogP contribution in [0.25, 0.3) is 6.08 Å². The molecule has 3 N–H and O–H groups in total. The summed E-state index contributed by atoms with van der Waals surface area (Å²) in [6, 6.07) is 12.5. The number of tetrazole rings is 1. The number of nitrogens with zero attached hydrogens (tertiary/aromatic N) is 3. The first kappa shape index (κ1) is 21.3. The molecule has 0 fully saturated rings. The van der Waals surface area contributed by atoms with Gasteiger partial charge in [-0.1, -0.05) is 37.6 Å². The summed E-state index contributed by atoms with van der Waals surface area (Å²) in [5, 5.41) is 13.6. The maximum absolute atomic E-state index is 12.9. The van der Waals surface area contributed by atoms with Gasteiger partial charge in [0.2, 0.25) is 5.82 Å². The number of aromatic nitrogens is 4. The zero-order valence-corrected chi connectivity index (χ0v) is 17.5. The fraction of sp³-hybridized carbons (Fsp3) is 0.217. The van der Waals surface area contributed by atoms with Gasteiger partial charge in [-0.15, -0.1) is 10.2 Å². The number of benzene rings is 2. The summed E-state index contributed by atoms with van der Waals surface area (Å²) in [6.45, 7) is 2.09. The average molecular weight is 433 g/mol. The number of unbranched alkanes of at least 4 members (excludes halogenated alkanes) is 1. The zero-order chi connectivity index (χ0) is 22.4. The van der Waals surface area contributed by atoms with Gasteiger partial charge in [0, 0.05) is 0 Å². The van der Waals surface area contributed by atoms with E-state index in [9.17, 15) is 4.79 Å². The number of nitrogens with one attached hydrogen (secondary N) is 1. The first-order valence-electron chi connectivity index (χ1n) is 10.2. The van der Waals surface area contributed by atoms with Gasteiger partial charge in [-0.05, 0) is 53.6 Å². The van der Waals surface area contributed by atoms with Gasteiger partial charge in [0.15, 0.2) is 17.3 Å². The van der Waals surface area contributed by atoms with Crippen molar-refractivity contribution in [3.05, 3.63) is 77.8 Å². The lowest BCUT2D eigenvalue weighted by Gasteiger charge is -2.33. The molecule has 2 aromatic carbocycles. The Balaban J connectivity index is 1.48. The minimum absolute atomic E-state index is 0.0188. The second-order valence-corrected chi connectivity index (χ2v) is 7.19. The number of aromatic amines is 1. The molecule has 0 saturated heterocycles. The number of H-pyrrole nitrogens is 1. The van der Waals surface area contributed by atoms with Gasteiger partial charge < -0.3 is 14.2 Å².